The minimum absolute atomic E-state index is 0.0370. The molecule has 1 atom stereocenters. The van der Waals surface area contributed by atoms with Crippen LogP contribution in [0.5, 0.6) is 0 Å². The number of amides is 2. The minimum Gasteiger partial charge on any atom is -0.370 e. The molecule has 0 saturated heterocycles. The zero-order chi connectivity index (χ0) is 7.44. The van der Waals surface area contributed by atoms with Crippen molar-refractivity contribution in [3.05, 3.63) is 0 Å². The zero-order valence-electron chi connectivity index (χ0n) is 5.26. The van der Waals surface area contributed by atoms with Crippen LogP contribution in [0, 0.1) is 5.92 Å². The molecule has 0 rings (SSSR count). The molecule has 9 heavy (non-hydrogen) atoms. The summed E-state index contributed by atoms with van der Waals surface area (Å²) in [5.74, 6) is -1.43. The van der Waals surface area contributed by atoms with Crippen molar-refractivity contribution in [3.63, 3.8) is 0 Å². The van der Waals surface area contributed by atoms with E-state index in [2.05, 4.69) is 0 Å². The second kappa shape index (κ2) is 3.06. The molecule has 0 aromatic rings. The molecule has 0 heterocycles. The molecule has 2 amide bonds. The Morgan fingerprint density at radius 1 is 1.44 bits per heavy atom. The molecule has 4 nitrogen and oxygen atoms in total. The van der Waals surface area contributed by atoms with Crippen LogP contribution in [-0.2, 0) is 9.59 Å². The topological polar surface area (TPSA) is 86.2 Å². The zero-order valence-corrected chi connectivity index (χ0v) is 5.26. The van der Waals surface area contributed by atoms with Crippen LogP contribution in [0.1, 0.15) is 13.3 Å². The maximum atomic E-state index is 10.2. The third-order valence-corrected chi connectivity index (χ3v) is 0.993. The molecular weight excluding hydrogens is 120 g/mol. The van der Waals surface area contributed by atoms with Crippen molar-refractivity contribution < 1.29 is 9.59 Å². The van der Waals surface area contributed by atoms with Crippen LogP contribution in [0.2, 0.25) is 0 Å². The molecule has 0 aliphatic rings. The molecule has 0 spiro atoms. The number of hydrogen-bond acceptors (Lipinski definition) is 2. The molecule has 0 aliphatic heterocycles. The van der Waals surface area contributed by atoms with Crippen molar-refractivity contribution in [1.82, 2.24) is 0 Å². The Bertz CT molecular complexity index is 133. The molecule has 0 aromatic heterocycles. The maximum Gasteiger partial charge on any atom is 0.220 e. The molecule has 4 N–H and O–H groups in total. The van der Waals surface area contributed by atoms with Gasteiger partial charge in [0, 0.05) is 12.3 Å². The van der Waals surface area contributed by atoms with Crippen molar-refractivity contribution in [2.75, 3.05) is 0 Å². The van der Waals surface area contributed by atoms with Gasteiger partial charge in [-0.25, -0.2) is 0 Å². The highest BCUT2D eigenvalue weighted by Crippen LogP contribution is 1.97. The summed E-state index contributed by atoms with van der Waals surface area (Å²) in [4.78, 5) is 20.4. The SMILES string of the molecule is CC(CC(N)=O)C(N)=O. The van der Waals surface area contributed by atoms with Gasteiger partial charge in [0.05, 0.1) is 0 Å². The molecule has 0 aliphatic carbocycles. The Morgan fingerprint density at radius 2 is 1.89 bits per heavy atom. The van der Waals surface area contributed by atoms with Gasteiger partial charge in [-0.3, -0.25) is 9.59 Å². The van der Waals surface area contributed by atoms with Crippen LogP contribution < -0.4 is 11.5 Å². The van der Waals surface area contributed by atoms with Gasteiger partial charge in [0.2, 0.25) is 11.8 Å². The molecule has 0 saturated carbocycles. The number of carbonyl (C=O) groups is 2. The van der Waals surface area contributed by atoms with Gasteiger partial charge in [-0.2, -0.15) is 0 Å². The second-order valence-electron chi connectivity index (χ2n) is 1.97. The summed E-state index contributed by atoms with van der Waals surface area (Å²) in [6.07, 6.45) is 0.0370. The number of primary amides is 2. The first kappa shape index (κ1) is 7.94. The Hall–Kier alpha value is -1.06. The highest BCUT2D eigenvalue weighted by Gasteiger charge is 2.10. The van der Waals surface area contributed by atoms with E-state index in [0.29, 0.717) is 0 Å². The maximum absolute atomic E-state index is 10.2. The number of nitrogens with two attached hydrogens (primary N) is 2. The van der Waals surface area contributed by atoms with Crippen molar-refractivity contribution in [2.45, 2.75) is 13.3 Å². The summed E-state index contributed by atoms with van der Waals surface area (Å²) in [5.41, 5.74) is 9.62. The van der Waals surface area contributed by atoms with Gasteiger partial charge in [-0.1, -0.05) is 6.92 Å². The van der Waals surface area contributed by atoms with Crippen molar-refractivity contribution in [2.24, 2.45) is 17.4 Å². The van der Waals surface area contributed by atoms with Gasteiger partial charge in [0.1, 0.15) is 0 Å². The first-order valence-corrected chi connectivity index (χ1v) is 2.61. The van der Waals surface area contributed by atoms with E-state index in [-0.39, 0.29) is 6.42 Å². The van der Waals surface area contributed by atoms with Gasteiger partial charge in [-0.15, -0.1) is 0 Å². The van der Waals surface area contributed by atoms with Gasteiger partial charge in [-0.05, 0) is 0 Å². The first-order valence-electron chi connectivity index (χ1n) is 2.61. The van der Waals surface area contributed by atoms with E-state index in [4.69, 9.17) is 11.5 Å². The average molecular weight is 130 g/mol. The Balaban J connectivity index is 3.63. The van der Waals surface area contributed by atoms with Crippen molar-refractivity contribution in [3.8, 4) is 0 Å². The Kier molecular flexibility index (Phi) is 2.70. The van der Waals surface area contributed by atoms with E-state index in [1.54, 1.807) is 6.92 Å². The summed E-state index contributed by atoms with van der Waals surface area (Å²) >= 11 is 0. The fourth-order valence-electron chi connectivity index (χ4n) is 0.402. The summed E-state index contributed by atoms with van der Waals surface area (Å²) in [5, 5.41) is 0. The normalized spacial score (nSPS) is 12.6. The van der Waals surface area contributed by atoms with Gasteiger partial charge < -0.3 is 11.5 Å². The van der Waals surface area contributed by atoms with E-state index < -0.39 is 17.7 Å². The molecule has 0 aromatic carbocycles. The fourth-order valence-corrected chi connectivity index (χ4v) is 0.402. The molecule has 52 valence electrons. The highest BCUT2D eigenvalue weighted by atomic mass is 16.2. The lowest BCUT2D eigenvalue weighted by atomic mass is 10.1. The monoisotopic (exact) mass is 130 g/mol. The largest absolute Gasteiger partial charge is 0.370 e. The Morgan fingerprint density at radius 3 is 2.00 bits per heavy atom. The van der Waals surface area contributed by atoms with Gasteiger partial charge in [0.15, 0.2) is 0 Å². The summed E-state index contributed by atoms with van der Waals surface area (Å²) in [6, 6.07) is 0. The predicted octanol–water partition coefficient (Wildman–Crippen LogP) is -1.02. The van der Waals surface area contributed by atoms with E-state index in [0.717, 1.165) is 0 Å². The lowest BCUT2D eigenvalue weighted by Gasteiger charge is -2.00. The van der Waals surface area contributed by atoms with E-state index in [1.165, 1.54) is 0 Å². The molecule has 0 radical (unpaired) electrons. The fraction of sp³-hybridized carbons (Fsp3) is 0.600. The quantitative estimate of drug-likeness (QED) is 0.512. The minimum atomic E-state index is -0.499. The van der Waals surface area contributed by atoms with Crippen LogP contribution in [0.15, 0.2) is 0 Å². The summed E-state index contributed by atoms with van der Waals surface area (Å²) in [6.45, 7) is 1.56. The molecule has 0 fully saturated rings. The number of carbonyl (C=O) groups excluding carboxylic acids is 2. The number of hydrogen-bond donors (Lipinski definition) is 2. The smallest absolute Gasteiger partial charge is 0.220 e. The van der Waals surface area contributed by atoms with E-state index in [9.17, 15) is 9.59 Å². The second-order valence-corrected chi connectivity index (χ2v) is 1.97. The molecule has 4 heteroatoms. The van der Waals surface area contributed by atoms with Crippen molar-refractivity contribution in [1.29, 1.82) is 0 Å². The number of rotatable bonds is 3. The first-order chi connectivity index (χ1) is 4.04. The standard InChI is InChI=1S/C5H10N2O2/c1-3(5(7)9)2-4(6)8/h3H,2H2,1H3,(H2,6,8)(H2,7,9). The van der Waals surface area contributed by atoms with E-state index >= 15 is 0 Å². The summed E-state index contributed by atoms with van der Waals surface area (Å²) in [7, 11) is 0. The van der Waals surface area contributed by atoms with Gasteiger partial charge in [0.25, 0.3) is 0 Å². The van der Waals surface area contributed by atoms with E-state index in [1.807, 2.05) is 0 Å². The van der Waals surface area contributed by atoms with Crippen molar-refractivity contribution >= 4 is 11.8 Å². The molecule has 1 unspecified atom stereocenters. The molecule has 0 bridgehead atoms. The third-order valence-electron chi connectivity index (χ3n) is 0.993. The average Bonchev–Trinajstić information content (AvgIpc) is 1.63. The lowest BCUT2D eigenvalue weighted by molar-refractivity contribution is -0.126. The highest BCUT2D eigenvalue weighted by molar-refractivity contribution is 5.83. The van der Waals surface area contributed by atoms with Crippen LogP contribution in [0.3, 0.4) is 0 Å². The Labute approximate surface area is 53.2 Å². The summed E-state index contributed by atoms with van der Waals surface area (Å²) < 4.78 is 0. The van der Waals surface area contributed by atoms with Gasteiger partial charge >= 0.3 is 0 Å². The molecular formula is C5H10N2O2. The van der Waals surface area contributed by atoms with Crippen LogP contribution in [-0.4, -0.2) is 11.8 Å². The van der Waals surface area contributed by atoms with Crippen LogP contribution >= 0.6 is 0 Å². The predicted molar refractivity (Wildman–Crippen MR) is 32.2 cm³/mol. The van der Waals surface area contributed by atoms with Crippen LogP contribution in [0.25, 0.3) is 0 Å². The van der Waals surface area contributed by atoms with Crippen LogP contribution in [0.4, 0.5) is 0 Å². The lowest BCUT2D eigenvalue weighted by Crippen LogP contribution is -2.25. The third kappa shape index (κ3) is 3.52.